The summed E-state index contributed by atoms with van der Waals surface area (Å²) in [4.78, 5) is 4.22. The highest BCUT2D eigenvalue weighted by atomic mass is 16.5. The van der Waals surface area contributed by atoms with Gasteiger partial charge in [0.05, 0.1) is 5.56 Å². The summed E-state index contributed by atoms with van der Waals surface area (Å²) in [6.45, 7) is 2.03. The predicted octanol–water partition coefficient (Wildman–Crippen LogP) is 2.38. The van der Waals surface area contributed by atoms with Gasteiger partial charge in [0, 0.05) is 17.5 Å². The molecular weight excluding hydrogens is 304 g/mol. The van der Waals surface area contributed by atoms with Gasteiger partial charge in [-0.15, -0.1) is 0 Å². The Balaban J connectivity index is 2.02. The number of nitrogens with zero attached hydrogens (tertiary/aromatic N) is 2. The molecule has 120 valence electrons. The minimum Gasteiger partial charge on any atom is -0.508 e. The number of phenols is 1. The number of aromatic nitrogens is 2. The van der Waals surface area contributed by atoms with Crippen molar-refractivity contribution in [2.24, 2.45) is 0 Å². The number of ether oxygens (including phenoxy) is 1. The molecule has 24 heavy (non-hydrogen) atoms. The maximum atomic E-state index is 9.77. The van der Waals surface area contributed by atoms with Crippen molar-refractivity contribution in [1.82, 2.24) is 9.66 Å². The lowest BCUT2D eigenvalue weighted by molar-refractivity contribution is 0.417. The Hall–Kier alpha value is -3.28. The lowest BCUT2D eigenvalue weighted by Crippen LogP contribution is -2.33. The molecule has 0 aliphatic carbocycles. The first-order valence-corrected chi connectivity index (χ1v) is 7.53. The minimum atomic E-state index is -0.235. The van der Waals surface area contributed by atoms with E-state index in [0.717, 1.165) is 16.7 Å². The fraction of sp³-hybridized carbons (Fsp3) is 0.111. The van der Waals surface area contributed by atoms with E-state index in [-0.39, 0.29) is 17.2 Å². The quantitative estimate of drug-likeness (QED) is 0.469. The highest BCUT2D eigenvalue weighted by Crippen LogP contribution is 2.45. The van der Waals surface area contributed by atoms with Crippen LogP contribution in [0.1, 0.15) is 28.2 Å². The summed E-state index contributed by atoms with van der Waals surface area (Å²) < 4.78 is 6.98. The maximum Gasteiger partial charge on any atom is 0.228 e. The van der Waals surface area contributed by atoms with Gasteiger partial charge >= 0.3 is 0 Å². The molecule has 3 aromatic rings. The predicted molar refractivity (Wildman–Crippen MR) is 88.5 cm³/mol. The van der Waals surface area contributed by atoms with E-state index in [9.17, 15) is 5.11 Å². The zero-order chi connectivity index (χ0) is 16.8. The summed E-state index contributed by atoms with van der Waals surface area (Å²) in [6.07, 6.45) is 1.35. The van der Waals surface area contributed by atoms with Crippen LogP contribution in [-0.2, 0) is 0 Å². The lowest BCUT2D eigenvalue weighted by Gasteiger charge is -2.28. The van der Waals surface area contributed by atoms with Gasteiger partial charge in [0.1, 0.15) is 17.8 Å². The number of nitrogens with one attached hydrogen (secondary N) is 1. The number of hydrogen-bond donors (Lipinski definition) is 3. The Morgan fingerprint density at radius 2 is 1.96 bits per heavy atom. The smallest absolute Gasteiger partial charge is 0.228 e. The number of aromatic hydroxyl groups is 1. The van der Waals surface area contributed by atoms with Gasteiger partial charge in [-0.1, -0.05) is 35.9 Å². The average molecular weight is 320 g/mol. The average Bonchev–Trinajstić information content (AvgIpc) is 2.57. The van der Waals surface area contributed by atoms with Crippen LogP contribution in [0.4, 0.5) is 0 Å². The van der Waals surface area contributed by atoms with Gasteiger partial charge in [0.15, 0.2) is 5.49 Å². The molecule has 6 nitrogen and oxygen atoms in total. The first-order valence-electron chi connectivity index (χ1n) is 7.53. The number of fused-ring (bicyclic) bond motifs is 2. The Morgan fingerprint density at radius 3 is 2.71 bits per heavy atom. The summed E-state index contributed by atoms with van der Waals surface area (Å²) in [5, 5.41) is 18.1. The molecule has 0 saturated carbocycles. The van der Waals surface area contributed by atoms with E-state index in [0.29, 0.717) is 17.2 Å². The second kappa shape index (κ2) is 5.13. The standard InChI is InChI=1S/C18H16N4O2/c1-10-2-4-11(5-3-10)15-13-7-6-12(23)8-14(13)24-18-16(15)17(19)22(20)9-21-18/h2-9,15,19,23H,20H2,1H3. The van der Waals surface area contributed by atoms with Crippen molar-refractivity contribution < 1.29 is 9.84 Å². The van der Waals surface area contributed by atoms with Crippen LogP contribution in [0.15, 0.2) is 48.8 Å². The lowest BCUT2D eigenvalue weighted by atomic mass is 9.83. The SMILES string of the molecule is Cc1ccc(C2c3ccc(O)cc3Oc3ncn(N)c(=N)c32)cc1. The molecule has 1 aliphatic rings. The molecular formula is C18H16N4O2. The minimum absolute atomic E-state index is 0.121. The Labute approximate surface area is 138 Å². The van der Waals surface area contributed by atoms with E-state index >= 15 is 0 Å². The number of aryl methyl sites for hydroxylation is 1. The van der Waals surface area contributed by atoms with Crippen molar-refractivity contribution >= 4 is 0 Å². The molecule has 0 fully saturated rings. The van der Waals surface area contributed by atoms with Crippen LogP contribution in [0.25, 0.3) is 0 Å². The van der Waals surface area contributed by atoms with E-state index in [1.165, 1.54) is 11.0 Å². The zero-order valence-corrected chi connectivity index (χ0v) is 13.0. The Kier molecular flexibility index (Phi) is 3.06. The van der Waals surface area contributed by atoms with Gasteiger partial charge in [-0.2, -0.15) is 0 Å². The molecule has 0 saturated heterocycles. The van der Waals surface area contributed by atoms with Gasteiger partial charge in [-0.3, -0.25) is 5.41 Å². The van der Waals surface area contributed by atoms with Crippen LogP contribution < -0.4 is 16.1 Å². The summed E-state index contributed by atoms with van der Waals surface area (Å²) in [5.74, 6) is 6.58. The van der Waals surface area contributed by atoms with Gasteiger partial charge in [-0.25, -0.2) is 9.66 Å². The van der Waals surface area contributed by atoms with Crippen LogP contribution in [0.2, 0.25) is 0 Å². The van der Waals surface area contributed by atoms with E-state index < -0.39 is 0 Å². The van der Waals surface area contributed by atoms with Gasteiger partial charge in [-0.05, 0) is 18.6 Å². The van der Waals surface area contributed by atoms with Gasteiger partial charge < -0.3 is 15.7 Å². The van der Waals surface area contributed by atoms with Crippen LogP contribution in [0.3, 0.4) is 0 Å². The Bertz CT molecular complexity index is 993. The Morgan fingerprint density at radius 1 is 1.21 bits per heavy atom. The molecule has 2 aromatic carbocycles. The maximum absolute atomic E-state index is 9.77. The molecule has 0 radical (unpaired) electrons. The monoisotopic (exact) mass is 320 g/mol. The van der Waals surface area contributed by atoms with Gasteiger partial charge in [0.2, 0.25) is 5.88 Å². The molecule has 1 atom stereocenters. The van der Waals surface area contributed by atoms with Crippen molar-refractivity contribution in [3.8, 4) is 17.4 Å². The summed E-state index contributed by atoms with van der Waals surface area (Å²) in [7, 11) is 0. The highest BCUT2D eigenvalue weighted by molar-refractivity contribution is 5.57. The third-order valence-electron chi connectivity index (χ3n) is 4.26. The van der Waals surface area contributed by atoms with E-state index in [2.05, 4.69) is 4.98 Å². The molecule has 4 N–H and O–H groups in total. The molecule has 4 rings (SSSR count). The van der Waals surface area contributed by atoms with Crippen molar-refractivity contribution in [1.29, 1.82) is 5.41 Å². The first-order chi connectivity index (χ1) is 11.5. The highest BCUT2D eigenvalue weighted by Gasteiger charge is 2.32. The summed E-state index contributed by atoms with van der Waals surface area (Å²) in [6, 6.07) is 13.1. The second-order valence-corrected chi connectivity index (χ2v) is 5.89. The topological polar surface area (TPSA) is 97.2 Å². The third-order valence-corrected chi connectivity index (χ3v) is 4.26. The number of hydrogen-bond acceptors (Lipinski definition) is 5. The van der Waals surface area contributed by atoms with E-state index in [4.69, 9.17) is 16.0 Å². The zero-order valence-electron chi connectivity index (χ0n) is 13.0. The van der Waals surface area contributed by atoms with Crippen LogP contribution in [0, 0.1) is 12.3 Å². The third kappa shape index (κ3) is 2.11. The fourth-order valence-corrected chi connectivity index (χ4v) is 3.04. The molecule has 0 amide bonds. The normalized spacial score (nSPS) is 15.3. The van der Waals surface area contributed by atoms with E-state index in [1.807, 2.05) is 37.3 Å². The van der Waals surface area contributed by atoms with Gasteiger partial charge in [0.25, 0.3) is 0 Å². The van der Waals surface area contributed by atoms with Crippen LogP contribution in [-0.4, -0.2) is 14.8 Å². The fourth-order valence-electron chi connectivity index (χ4n) is 3.04. The summed E-state index contributed by atoms with van der Waals surface area (Å²) in [5.41, 5.74) is 3.79. The number of rotatable bonds is 1. The second-order valence-electron chi connectivity index (χ2n) is 5.89. The molecule has 2 heterocycles. The van der Waals surface area contributed by atoms with Crippen molar-refractivity contribution in [2.75, 3.05) is 5.84 Å². The molecule has 0 spiro atoms. The molecule has 6 heteroatoms. The largest absolute Gasteiger partial charge is 0.508 e. The molecule has 1 aromatic heterocycles. The van der Waals surface area contributed by atoms with Crippen molar-refractivity contribution in [2.45, 2.75) is 12.8 Å². The molecule has 1 aliphatic heterocycles. The molecule has 1 unspecified atom stereocenters. The first kappa shape index (κ1) is 14.3. The number of phenolic OH excluding ortho intramolecular Hbond substituents is 1. The number of nitrogen functional groups attached to an aromatic ring is 1. The molecule has 0 bridgehead atoms. The van der Waals surface area contributed by atoms with Crippen molar-refractivity contribution in [3.05, 3.63) is 76.5 Å². The number of benzene rings is 2. The van der Waals surface area contributed by atoms with E-state index in [1.54, 1.807) is 12.1 Å². The van der Waals surface area contributed by atoms with Crippen molar-refractivity contribution in [3.63, 3.8) is 0 Å². The van der Waals surface area contributed by atoms with Crippen LogP contribution >= 0.6 is 0 Å². The summed E-state index contributed by atoms with van der Waals surface area (Å²) >= 11 is 0. The number of nitrogens with two attached hydrogens (primary N) is 1. The van der Waals surface area contributed by atoms with Crippen LogP contribution in [0.5, 0.6) is 17.4 Å².